The van der Waals surface area contributed by atoms with Gasteiger partial charge in [-0.3, -0.25) is 14.7 Å². The number of Topliss-reactive ketones (excluding diaryl/α,β-unsaturated/α-hetero) is 1. The number of carbonyl (C=O) groups is 1. The lowest BCUT2D eigenvalue weighted by atomic mass is 9.73. The number of hydrogen-bond donors (Lipinski definition) is 1. The standard InChI is InChI=1S/C14H26N4O3/c1-13(2)9-12(19)11(14(3,4)18(13)21)10-16-5-7-17(15-20)8-6-16/h11,21H,5-10H2,1-4H3. The smallest absolute Gasteiger partial charge is 0.141 e. The minimum Gasteiger partial charge on any atom is -0.313 e. The monoisotopic (exact) mass is 298 g/mol. The highest BCUT2D eigenvalue weighted by molar-refractivity contribution is 5.84. The highest BCUT2D eigenvalue weighted by Crippen LogP contribution is 2.39. The van der Waals surface area contributed by atoms with Crippen LogP contribution in [-0.4, -0.2) is 69.8 Å². The average Bonchev–Trinajstić information content (AvgIpc) is 2.42. The minimum absolute atomic E-state index is 0.200. The molecule has 0 bridgehead atoms. The lowest BCUT2D eigenvalue weighted by Crippen LogP contribution is -2.66. The van der Waals surface area contributed by atoms with Crippen molar-refractivity contribution in [3.05, 3.63) is 4.91 Å². The number of rotatable bonds is 3. The predicted molar refractivity (Wildman–Crippen MR) is 78.7 cm³/mol. The molecule has 120 valence electrons. The summed E-state index contributed by atoms with van der Waals surface area (Å²) in [4.78, 5) is 25.2. The first-order valence-electron chi connectivity index (χ1n) is 7.51. The summed E-state index contributed by atoms with van der Waals surface area (Å²) in [6, 6.07) is 0. The van der Waals surface area contributed by atoms with E-state index in [0.717, 1.165) is 13.1 Å². The summed E-state index contributed by atoms with van der Waals surface area (Å²) >= 11 is 0. The van der Waals surface area contributed by atoms with Crippen LogP contribution in [0.1, 0.15) is 34.1 Å². The van der Waals surface area contributed by atoms with Gasteiger partial charge in [-0.1, -0.05) is 0 Å². The maximum absolute atomic E-state index is 12.5. The SMILES string of the molecule is CC1(C)CC(=O)C(CN2CCN(N=O)CC2)C(C)(C)N1O. The quantitative estimate of drug-likeness (QED) is 0.787. The Morgan fingerprint density at radius 3 is 2.29 bits per heavy atom. The molecule has 2 rings (SSSR count). The van der Waals surface area contributed by atoms with Gasteiger partial charge in [0, 0.05) is 31.6 Å². The molecule has 0 aromatic rings. The molecule has 0 spiro atoms. The molecule has 1 N–H and O–H groups in total. The van der Waals surface area contributed by atoms with Gasteiger partial charge in [0.1, 0.15) is 5.78 Å². The van der Waals surface area contributed by atoms with Crippen molar-refractivity contribution >= 4 is 5.78 Å². The topological polar surface area (TPSA) is 76.5 Å². The average molecular weight is 298 g/mol. The van der Waals surface area contributed by atoms with E-state index in [1.54, 1.807) is 0 Å². The third-order valence-electron chi connectivity index (χ3n) is 4.87. The molecular weight excluding hydrogens is 272 g/mol. The summed E-state index contributed by atoms with van der Waals surface area (Å²) in [5.74, 6) is -0.0301. The summed E-state index contributed by atoms with van der Waals surface area (Å²) in [5.41, 5.74) is -1.13. The van der Waals surface area contributed by atoms with Crippen molar-refractivity contribution in [1.29, 1.82) is 0 Å². The van der Waals surface area contributed by atoms with Crippen LogP contribution >= 0.6 is 0 Å². The summed E-state index contributed by atoms with van der Waals surface area (Å²) < 4.78 is 0. The number of nitroso groups, excluding NO2 is 1. The van der Waals surface area contributed by atoms with Crippen LogP contribution in [0.15, 0.2) is 5.29 Å². The van der Waals surface area contributed by atoms with Crippen LogP contribution in [0.25, 0.3) is 0 Å². The van der Waals surface area contributed by atoms with Crippen molar-refractivity contribution in [1.82, 2.24) is 15.0 Å². The molecule has 7 heteroatoms. The zero-order chi connectivity index (χ0) is 15.8. The van der Waals surface area contributed by atoms with Crippen LogP contribution in [-0.2, 0) is 4.79 Å². The molecule has 2 saturated heterocycles. The largest absolute Gasteiger partial charge is 0.313 e. The second-order valence-corrected chi connectivity index (χ2v) is 7.31. The van der Waals surface area contributed by atoms with Crippen molar-refractivity contribution in [3.8, 4) is 0 Å². The fourth-order valence-corrected chi connectivity index (χ4v) is 3.53. The summed E-state index contributed by atoms with van der Waals surface area (Å²) in [5, 5.41) is 16.3. The van der Waals surface area contributed by atoms with Gasteiger partial charge in [-0.15, -0.1) is 4.91 Å². The van der Waals surface area contributed by atoms with E-state index in [1.165, 1.54) is 10.1 Å². The fourth-order valence-electron chi connectivity index (χ4n) is 3.53. The van der Waals surface area contributed by atoms with Gasteiger partial charge in [0.25, 0.3) is 0 Å². The normalized spacial score (nSPS) is 30.4. The van der Waals surface area contributed by atoms with Crippen LogP contribution in [0.4, 0.5) is 0 Å². The number of piperazine rings is 1. The molecule has 7 nitrogen and oxygen atoms in total. The fraction of sp³-hybridized carbons (Fsp3) is 0.929. The third-order valence-corrected chi connectivity index (χ3v) is 4.87. The van der Waals surface area contributed by atoms with Crippen molar-refractivity contribution in [3.63, 3.8) is 0 Å². The molecule has 2 aliphatic rings. The van der Waals surface area contributed by atoms with Crippen LogP contribution in [0.5, 0.6) is 0 Å². The Balaban J connectivity index is 2.05. The number of nitrogens with zero attached hydrogens (tertiary/aromatic N) is 4. The van der Waals surface area contributed by atoms with Gasteiger partial charge in [0.15, 0.2) is 0 Å². The van der Waals surface area contributed by atoms with E-state index >= 15 is 0 Å². The number of hydroxylamine groups is 2. The number of piperidine rings is 1. The zero-order valence-electron chi connectivity index (χ0n) is 13.4. The van der Waals surface area contributed by atoms with Crippen molar-refractivity contribution in [2.75, 3.05) is 32.7 Å². The van der Waals surface area contributed by atoms with Gasteiger partial charge in [-0.25, -0.2) is 0 Å². The first kappa shape index (κ1) is 16.3. The molecule has 1 atom stereocenters. The van der Waals surface area contributed by atoms with E-state index in [1.807, 2.05) is 27.7 Å². The molecular formula is C14H26N4O3. The molecule has 0 aromatic carbocycles. The summed E-state index contributed by atoms with van der Waals surface area (Å²) in [6.45, 7) is 10.9. The molecule has 2 aliphatic heterocycles. The zero-order valence-corrected chi connectivity index (χ0v) is 13.4. The van der Waals surface area contributed by atoms with Crippen molar-refractivity contribution < 1.29 is 10.0 Å². The van der Waals surface area contributed by atoms with Gasteiger partial charge in [-0.2, -0.15) is 5.06 Å². The Morgan fingerprint density at radius 1 is 1.19 bits per heavy atom. The third kappa shape index (κ3) is 3.09. The van der Waals surface area contributed by atoms with Crippen LogP contribution < -0.4 is 0 Å². The van der Waals surface area contributed by atoms with Crippen LogP contribution in [0.3, 0.4) is 0 Å². The molecule has 2 fully saturated rings. The molecule has 0 saturated carbocycles. The molecule has 0 amide bonds. The van der Waals surface area contributed by atoms with E-state index in [4.69, 9.17) is 0 Å². The van der Waals surface area contributed by atoms with Gasteiger partial charge in [-0.05, 0) is 27.7 Å². The first-order valence-corrected chi connectivity index (χ1v) is 7.51. The molecule has 0 radical (unpaired) electrons. The van der Waals surface area contributed by atoms with Crippen LogP contribution in [0.2, 0.25) is 0 Å². The first-order chi connectivity index (χ1) is 9.68. The van der Waals surface area contributed by atoms with E-state index in [0.29, 0.717) is 26.1 Å². The number of ketones is 1. The van der Waals surface area contributed by atoms with E-state index in [9.17, 15) is 14.9 Å². The van der Waals surface area contributed by atoms with Gasteiger partial charge in [0.2, 0.25) is 0 Å². The minimum atomic E-state index is -0.598. The second kappa shape index (κ2) is 5.62. The Labute approximate surface area is 125 Å². The second-order valence-electron chi connectivity index (χ2n) is 7.31. The summed E-state index contributed by atoms with van der Waals surface area (Å²) in [6.07, 6.45) is 0.355. The molecule has 2 heterocycles. The Kier molecular flexibility index (Phi) is 4.37. The van der Waals surface area contributed by atoms with Crippen LogP contribution in [0, 0.1) is 10.8 Å². The maximum Gasteiger partial charge on any atom is 0.141 e. The van der Waals surface area contributed by atoms with E-state index in [2.05, 4.69) is 10.2 Å². The van der Waals surface area contributed by atoms with Crippen molar-refractivity contribution in [2.45, 2.75) is 45.2 Å². The molecule has 0 aliphatic carbocycles. The Morgan fingerprint density at radius 2 is 1.76 bits per heavy atom. The molecule has 1 unspecified atom stereocenters. The number of carbonyl (C=O) groups excluding carboxylic acids is 1. The van der Waals surface area contributed by atoms with Gasteiger partial charge in [0.05, 0.1) is 29.8 Å². The Bertz CT molecular complexity index is 416. The Hall–Kier alpha value is -1.05. The lowest BCUT2D eigenvalue weighted by molar-refractivity contribution is -0.252. The van der Waals surface area contributed by atoms with E-state index in [-0.39, 0.29) is 11.7 Å². The highest BCUT2D eigenvalue weighted by Gasteiger charge is 2.51. The highest BCUT2D eigenvalue weighted by atomic mass is 16.5. The van der Waals surface area contributed by atoms with Gasteiger partial charge >= 0.3 is 0 Å². The summed E-state index contributed by atoms with van der Waals surface area (Å²) in [7, 11) is 0. The lowest BCUT2D eigenvalue weighted by Gasteiger charge is -2.52. The predicted octanol–water partition coefficient (Wildman–Crippen LogP) is 1.12. The molecule has 21 heavy (non-hydrogen) atoms. The van der Waals surface area contributed by atoms with Crippen molar-refractivity contribution in [2.24, 2.45) is 11.2 Å². The van der Waals surface area contributed by atoms with Gasteiger partial charge < -0.3 is 5.21 Å². The maximum atomic E-state index is 12.5. The van der Waals surface area contributed by atoms with E-state index < -0.39 is 11.1 Å². The molecule has 0 aromatic heterocycles. The number of hydrogen-bond acceptors (Lipinski definition) is 6.